The molecule has 5 heteroatoms. The third kappa shape index (κ3) is 0.939. The zero-order valence-electron chi connectivity index (χ0n) is 6.40. The first-order chi connectivity index (χ1) is 5.70. The number of carbonyl (C=O) groups is 1. The van der Waals surface area contributed by atoms with E-state index in [9.17, 15) is 4.79 Å². The van der Waals surface area contributed by atoms with Crippen LogP contribution in [0.4, 0.5) is 5.82 Å². The van der Waals surface area contributed by atoms with Gasteiger partial charge in [-0.3, -0.25) is 0 Å². The number of carboxylic acid groups (broad SMARTS) is 1. The van der Waals surface area contributed by atoms with Gasteiger partial charge in [-0.1, -0.05) is 0 Å². The number of hydrogen-bond acceptors (Lipinski definition) is 3. The molecule has 12 heavy (non-hydrogen) atoms. The number of rotatable bonds is 2. The Labute approximate surface area is 68.8 Å². The van der Waals surface area contributed by atoms with Crippen LogP contribution in [0.2, 0.25) is 0 Å². The van der Waals surface area contributed by atoms with Crippen molar-refractivity contribution in [3.8, 4) is 0 Å². The van der Waals surface area contributed by atoms with Gasteiger partial charge in [-0.15, -0.1) is 0 Å². The predicted octanol–water partition coefficient (Wildman–Crippen LogP) is 0.498. The molecule has 0 bridgehead atoms. The summed E-state index contributed by atoms with van der Waals surface area (Å²) in [6, 6.07) is 0.306. The van der Waals surface area contributed by atoms with E-state index in [0.29, 0.717) is 6.04 Å². The van der Waals surface area contributed by atoms with Crippen LogP contribution in [-0.2, 0) is 0 Å². The molecule has 5 nitrogen and oxygen atoms in total. The normalized spacial score (nSPS) is 16.3. The molecule has 1 saturated carbocycles. The topological polar surface area (TPSA) is 81.1 Å². The second kappa shape index (κ2) is 2.23. The lowest BCUT2D eigenvalue weighted by Crippen LogP contribution is -2.08. The van der Waals surface area contributed by atoms with E-state index in [2.05, 4.69) is 4.98 Å². The number of nitrogen functional groups attached to an aromatic ring is 1. The Balaban J connectivity index is 2.46. The third-order valence-corrected chi connectivity index (χ3v) is 1.96. The molecule has 2 rings (SSSR count). The van der Waals surface area contributed by atoms with Crippen LogP contribution in [0.5, 0.6) is 0 Å². The average Bonchev–Trinajstić information content (AvgIpc) is 2.75. The van der Waals surface area contributed by atoms with Crippen LogP contribution < -0.4 is 5.73 Å². The van der Waals surface area contributed by atoms with Crippen molar-refractivity contribution in [3.63, 3.8) is 0 Å². The van der Waals surface area contributed by atoms with Gasteiger partial charge in [0.1, 0.15) is 0 Å². The lowest BCUT2D eigenvalue weighted by molar-refractivity contribution is 0.0686. The van der Waals surface area contributed by atoms with Gasteiger partial charge >= 0.3 is 5.97 Å². The molecule has 0 unspecified atom stereocenters. The van der Waals surface area contributed by atoms with Crippen molar-refractivity contribution >= 4 is 11.8 Å². The molecule has 3 N–H and O–H groups in total. The van der Waals surface area contributed by atoms with Gasteiger partial charge in [0.2, 0.25) is 0 Å². The number of nitrogens with zero attached hydrogens (tertiary/aromatic N) is 2. The number of anilines is 1. The molecule has 1 aliphatic carbocycles. The molecule has 1 fully saturated rings. The maximum Gasteiger partial charge on any atom is 0.356 e. The Morgan fingerprint density at radius 1 is 1.75 bits per heavy atom. The summed E-state index contributed by atoms with van der Waals surface area (Å²) in [4.78, 5) is 14.5. The Morgan fingerprint density at radius 3 is 2.92 bits per heavy atom. The van der Waals surface area contributed by atoms with Crippen LogP contribution >= 0.6 is 0 Å². The van der Waals surface area contributed by atoms with Crippen molar-refractivity contribution in [2.75, 3.05) is 5.73 Å². The van der Waals surface area contributed by atoms with E-state index in [-0.39, 0.29) is 11.5 Å². The zero-order chi connectivity index (χ0) is 8.72. The highest BCUT2D eigenvalue weighted by molar-refractivity contribution is 5.90. The van der Waals surface area contributed by atoms with Crippen LogP contribution in [0.25, 0.3) is 0 Å². The zero-order valence-corrected chi connectivity index (χ0v) is 6.40. The quantitative estimate of drug-likeness (QED) is 0.672. The maximum absolute atomic E-state index is 10.7. The van der Waals surface area contributed by atoms with E-state index in [1.807, 2.05) is 0 Å². The van der Waals surface area contributed by atoms with E-state index in [1.54, 1.807) is 4.57 Å². The maximum atomic E-state index is 10.7. The summed E-state index contributed by atoms with van der Waals surface area (Å²) in [5, 5.41) is 8.77. The van der Waals surface area contributed by atoms with E-state index < -0.39 is 5.97 Å². The first kappa shape index (κ1) is 7.15. The van der Waals surface area contributed by atoms with Crippen molar-refractivity contribution < 1.29 is 9.90 Å². The fourth-order valence-corrected chi connectivity index (χ4v) is 1.23. The fourth-order valence-electron chi connectivity index (χ4n) is 1.23. The molecule has 0 aliphatic heterocycles. The largest absolute Gasteiger partial charge is 0.476 e. The molecular weight excluding hydrogens is 158 g/mol. The predicted molar refractivity (Wildman–Crippen MR) is 41.9 cm³/mol. The fraction of sp³-hybridized carbons (Fsp3) is 0.429. The molecule has 1 heterocycles. The molecule has 0 aromatic carbocycles. The SMILES string of the molecule is Nc1ncn(C2CC2)c1C(=O)O. The Morgan fingerprint density at radius 2 is 2.42 bits per heavy atom. The van der Waals surface area contributed by atoms with E-state index in [1.165, 1.54) is 6.33 Å². The van der Waals surface area contributed by atoms with E-state index in [0.717, 1.165) is 12.8 Å². The molecule has 1 aliphatic rings. The summed E-state index contributed by atoms with van der Waals surface area (Å²) in [7, 11) is 0. The summed E-state index contributed by atoms with van der Waals surface area (Å²) in [6.07, 6.45) is 3.54. The monoisotopic (exact) mass is 167 g/mol. The highest BCUT2D eigenvalue weighted by Crippen LogP contribution is 2.36. The lowest BCUT2D eigenvalue weighted by Gasteiger charge is -2.00. The van der Waals surface area contributed by atoms with Crippen molar-refractivity contribution in [1.82, 2.24) is 9.55 Å². The minimum Gasteiger partial charge on any atom is -0.476 e. The summed E-state index contributed by atoms with van der Waals surface area (Å²) in [6.45, 7) is 0. The molecule has 0 saturated heterocycles. The standard InChI is InChI=1S/C7H9N3O2/c8-6-5(7(11)12)10(3-9-6)4-1-2-4/h3-4H,1-2,8H2,(H,11,12). The van der Waals surface area contributed by atoms with Gasteiger partial charge in [0.25, 0.3) is 0 Å². The van der Waals surface area contributed by atoms with Gasteiger partial charge in [0.15, 0.2) is 11.5 Å². The average molecular weight is 167 g/mol. The number of carboxylic acids is 1. The Kier molecular flexibility index (Phi) is 1.33. The number of hydrogen-bond donors (Lipinski definition) is 2. The number of aromatic nitrogens is 2. The molecular formula is C7H9N3O2. The van der Waals surface area contributed by atoms with Gasteiger partial charge in [0, 0.05) is 6.04 Å². The van der Waals surface area contributed by atoms with Crippen LogP contribution in [0.15, 0.2) is 6.33 Å². The molecule has 0 spiro atoms. The Bertz CT molecular complexity index is 327. The molecule has 64 valence electrons. The number of imidazole rings is 1. The van der Waals surface area contributed by atoms with Crippen molar-refractivity contribution in [3.05, 3.63) is 12.0 Å². The van der Waals surface area contributed by atoms with Gasteiger partial charge < -0.3 is 15.4 Å². The van der Waals surface area contributed by atoms with Crippen LogP contribution in [0.1, 0.15) is 29.4 Å². The third-order valence-electron chi connectivity index (χ3n) is 1.96. The summed E-state index contributed by atoms with van der Waals surface area (Å²) < 4.78 is 1.64. The summed E-state index contributed by atoms with van der Waals surface area (Å²) >= 11 is 0. The van der Waals surface area contributed by atoms with Crippen molar-refractivity contribution in [1.29, 1.82) is 0 Å². The first-order valence-corrected chi connectivity index (χ1v) is 3.75. The first-order valence-electron chi connectivity index (χ1n) is 3.75. The van der Waals surface area contributed by atoms with Gasteiger partial charge in [-0.25, -0.2) is 9.78 Å². The summed E-state index contributed by atoms with van der Waals surface area (Å²) in [5.41, 5.74) is 5.52. The highest BCUT2D eigenvalue weighted by Gasteiger charge is 2.29. The van der Waals surface area contributed by atoms with Crippen LogP contribution in [-0.4, -0.2) is 20.6 Å². The molecule has 0 atom stereocenters. The van der Waals surface area contributed by atoms with Crippen LogP contribution in [0, 0.1) is 0 Å². The number of aromatic carboxylic acids is 1. The lowest BCUT2D eigenvalue weighted by atomic mass is 10.4. The second-order valence-corrected chi connectivity index (χ2v) is 2.92. The van der Waals surface area contributed by atoms with Gasteiger partial charge in [-0.05, 0) is 12.8 Å². The minimum atomic E-state index is -1.00. The van der Waals surface area contributed by atoms with Crippen molar-refractivity contribution in [2.24, 2.45) is 0 Å². The summed E-state index contributed by atoms with van der Waals surface area (Å²) in [5.74, 6) is -0.897. The molecule has 1 aromatic heterocycles. The minimum absolute atomic E-state index is 0.106. The molecule has 1 aromatic rings. The van der Waals surface area contributed by atoms with Gasteiger partial charge in [-0.2, -0.15) is 0 Å². The van der Waals surface area contributed by atoms with Crippen LogP contribution in [0.3, 0.4) is 0 Å². The smallest absolute Gasteiger partial charge is 0.356 e. The highest BCUT2D eigenvalue weighted by atomic mass is 16.4. The van der Waals surface area contributed by atoms with E-state index in [4.69, 9.17) is 10.8 Å². The van der Waals surface area contributed by atoms with E-state index >= 15 is 0 Å². The van der Waals surface area contributed by atoms with Crippen molar-refractivity contribution in [2.45, 2.75) is 18.9 Å². The second-order valence-electron chi connectivity index (χ2n) is 2.92. The molecule has 0 amide bonds. The van der Waals surface area contributed by atoms with Gasteiger partial charge in [0.05, 0.1) is 6.33 Å². The molecule has 0 radical (unpaired) electrons. The Hall–Kier alpha value is -1.52. The number of nitrogens with two attached hydrogens (primary N) is 1.